The van der Waals surface area contributed by atoms with E-state index in [4.69, 9.17) is 10.8 Å². The van der Waals surface area contributed by atoms with Gasteiger partial charge < -0.3 is 36.2 Å². The zero-order valence-corrected chi connectivity index (χ0v) is 16.3. The van der Waals surface area contributed by atoms with Crippen LogP contribution in [0.2, 0.25) is 0 Å². The first-order valence-electron chi connectivity index (χ1n) is 9.68. The normalized spacial score (nSPS) is 19.8. The average molecular weight is 420 g/mol. The number of carbonyl (C=O) groups is 3. The van der Waals surface area contributed by atoms with E-state index in [2.05, 4.69) is 10.2 Å². The lowest BCUT2D eigenvalue weighted by atomic mass is 9.74. The Bertz CT molecular complexity index is 842. The van der Waals surface area contributed by atoms with Gasteiger partial charge in [-0.15, -0.1) is 0 Å². The Morgan fingerprint density at radius 1 is 1.27 bits per heavy atom. The zero-order chi connectivity index (χ0) is 22.1. The molecule has 2 heterocycles. The van der Waals surface area contributed by atoms with Crippen LogP contribution < -0.4 is 11.1 Å². The van der Waals surface area contributed by atoms with Crippen molar-refractivity contribution in [2.75, 3.05) is 26.2 Å². The van der Waals surface area contributed by atoms with Crippen molar-refractivity contribution in [3.05, 3.63) is 29.3 Å². The predicted octanol–water partition coefficient (Wildman–Crippen LogP) is -1.64. The molecule has 2 saturated heterocycles. The number of nitrogens with two attached hydrogens (primary N) is 1. The van der Waals surface area contributed by atoms with Crippen LogP contribution in [-0.2, 0) is 11.2 Å². The fraction of sp³-hybridized carbons (Fsp3) is 0.500. The highest BCUT2D eigenvalue weighted by atomic mass is 16.4. The summed E-state index contributed by atoms with van der Waals surface area (Å²) >= 11 is 0. The first-order chi connectivity index (χ1) is 14.2. The summed E-state index contributed by atoms with van der Waals surface area (Å²) in [7, 11) is -2.08. The third-order valence-electron chi connectivity index (χ3n) is 5.80. The van der Waals surface area contributed by atoms with E-state index in [1.54, 1.807) is 0 Å². The van der Waals surface area contributed by atoms with E-state index in [1.165, 1.54) is 18.2 Å². The van der Waals surface area contributed by atoms with Gasteiger partial charge in [0.05, 0.1) is 5.94 Å². The molecule has 0 saturated carbocycles. The van der Waals surface area contributed by atoms with Crippen LogP contribution >= 0.6 is 0 Å². The molecule has 0 unspecified atom stereocenters. The number of imide groups is 1. The molecule has 30 heavy (non-hydrogen) atoms. The summed E-state index contributed by atoms with van der Waals surface area (Å²) in [6, 6.07) is 3.24. The molecule has 12 heteroatoms. The largest absolute Gasteiger partial charge is 0.507 e. The van der Waals surface area contributed by atoms with Gasteiger partial charge >= 0.3 is 19.1 Å². The summed E-state index contributed by atoms with van der Waals surface area (Å²) in [5.41, 5.74) is 4.15. The maximum atomic E-state index is 13.2. The number of urea groups is 1. The lowest BCUT2D eigenvalue weighted by Gasteiger charge is -2.37. The fourth-order valence-electron chi connectivity index (χ4n) is 4.11. The lowest BCUT2D eigenvalue weighted by molar-refractivity contribution is -0.133. The van der Waals surface area contributed by atoms with E-state index < -0.39 is 42.3 Å². The van der Waals surface area contributed by atoms with Crippen molar-refractivity contribution in [1.29, 1.82) is 0 Å². The SMILES string of the molecule is NCCN1CCC2(CC1)NC(=O)N([C@@H](Cc1cccc(C(=O)O)c1O)B(O)O)C2=O. The summed E-state index contributed by atoms with van der Waals surface area (Å²) in [5, 5.41) is 41.9. The van der Waals surface area contributed by atoms with Crippen LogP contribution in [0.1, 0.15) is 28.8 Å². The van der Waals surface area contributed by atoms with E-state index in [1.807, 2.05) is 0 Å². The maximum absolute atomic E-state index is 13.2. The number of para-hydroxylation sites is 1. The van der Waals surface area contributed by atoms with Crippen LogP contribution in [0.15, 0.2) is 18.2 Å². The number of likely N-dealkylation sites (tertiary alicyclic amines) is 1. The first-order valence-corrected chi connectivity index (χ1v) is 9.68. The number of aromatic hydroxyl groups is 1. The molecule has 1 aromatic rings. The van der Waals surface area contributed by atoms with Gasteiger partial charge in [-0.3, -0.25) is 9.69 Å². The molecule has 1 atom stereocenters. The van der Waals surface area contributed by atoms with Gasteiger partial charge in [0.2, 0.25) is 0 Å². The van der Waals surface area contributed by atoms with Gasteiger partial charge in [-0.2, -0.15) is 0 Å². The average Bonchev–Trinajstić information content (AvgIpc) is 2.92. The molecule has 1 aromatic carbocycles. The lowest BCUT2D eigenvalue weighted by Crippen LogP contribution is -2.57. The van der Waals surface area contributed by atoms with Crippen LogP contribution in [0.3, 0.4) is 0 Å². The topological polar surface area (TPSA) is 177 Å². The van der Waals surface area contributed by atoms with Gasteiger partial charge in [-0.25, -0.2) is 9.59 Å². The molecule has 2 aliphatic heterocycles. The Balaban J connectivity index is 1.84. The number of benzene rings is 1. The molecule has 7 N–H and O–H groups in total. The van der Waals surface area contributed by atoms with Crippen molar-refractivity contribution >= 4 is 25.0 Å². The van der Waals surface area contributed by atoms with Crippen molar-refractivity contribution in [3.8, 4) is 5.75 Å². The zero-order valence-electron chi connectivity index (χ0n) is 16.3. The smallest absolute Gasteiger partial charge is 0.476 e. The fourth-order valence-corrected chi connectivity index (χ4v) is 4.11. The molecule has 11 nitrogen and oxygen atoms in total. The number of nitrogens with one attached hydrogen (secondary N) is 1. The Kier molecular flexibility index (Phi) is 6.31. The van der Waals surface area contributed by atoms with Crippen molar-refractivity contribution in [1.82, 2.24) is 15.1 Å². The molecule has 2 fully saturated rings. The van der Waals surface area contributed by atoms with E-state index in [0.717, 1.165) is 4.90 Å². The van der Waals surface area contributed by atoms with E-state index in [0.29, 0.717) is 39.0 Å². The first kappa shape index (κ1) is 22.0. The number of aromatic carboxylic acids is 1. The van der Waals surface area contributed by atoms with Gasteiger partial charge in [0, 0.05) is 26.2 Å². The predicted molar refractivity (Wildman–Crippen MR) is 106 cm³/mol. The molecule has 0 bridgehead atoms. The van der Waals surface area contributed by atoms with Gasteiger partial charge in [0.1, 0.15) is 16.9 Å². The van der Waals surface area contributed by atoms with Gasteiger partial charge in [0.25, 0.3) is 5.91 Å². The molecular formula is C18H25BN4O7. The van der Waals surface area contributed by atoms with Crippen molar-refractivity contribution in [2.24, 2.45) is 5.73 Å². The molecule has 0 aliphatic carbocycles. The summed E-state index contributed by atoms with van der Waals surface area (Å²) in [6.45, 7) is 2.28. The molecule has 2 aliphatic rings. The Morgan fingerprint density at radius 3 is 2.50 bits per heavy atom. The van der Waals surface area contributed by atoms with Gasteiger partial charge in [-0.05, 0) is 30.9 Å². The summed E-state index contributed by atoms with van der Waals surface area (Å²) < 4.78 is 0. The number of rotatable bonds is 7. The van der Waals surface area contributed by atoms with Crippen LogP contribution in [-0.4, -0.2) is 92.7 Å². The van der Waals surface area contributed by atoms with Crippen LogP contribution in [0.4, 0.5) is 4.79 Å². The minimum atomic E-state index is -2.08. The number of hydrogen-bond acceptors (Lipinski definition) is 8. The van der Waals surface area contributed by atoms with Crippen molar-refractivity contribution in [2.45, 2.75) is 30.7 Å². The number of carbonyl (C=O) groups excluding carboxylic acids is 2. The highest BCUT2D eigenvalue weighted by Crippen LogP contribution is 2.32. The van der Waals surface area contributed by atoms with Crippen LogP contribution in [0.5, 0.6) is 5.75 Å². The molecular weight excluding hydrogens is 395 g/mol. The number of hydrogen-bond donors (Lipinski definition) is 6. The number of carboxylic acid groups (broad SMARTS) is 1. The minimum absolute atomic E-state index is 0.0762. The molecule has 3 rings (SSSR count). The van der Waals surface area contributed by atoms with E-state index >= 15 is 0 Å². The third-order valence-corrected chi connectivity index (χ3v) is 5.80. The third kappa shape index (κ3) is 3.99. The summed E-state index contributed by atoms with van der Waals surface area (Å²) in [5.74, 6) is -3.86. The monoisotopic (exact) mass is 420 g/mol. The Hall–Kier alpha value is -2.67. The standard InChI is InChI=1S/C18H25BN4O7/c20-6-9-22-7-4-18(5-8-22)16(27)23(17(28)21-18)13(19(29)30)10-11-2-1-3-12(14(11)24)15(25)26/h1-3,13,24,29-30H,4-10,20H2,(H,21,28)(H,25,26)/t13-/m0/s1. The summed E-state index contributed by atoms with van der Waals surface area (Å²) in [6.07, 6.45) is 0.406. The summed E-state index contributed by atoms with van der Waals surface area (Å²) in [4.78, 5) is 39.9. The van der Waals surface area contributed by atoms with Crippen LogP contribution in [0, 0.1) is 0 Å². The second-order valence-electron chi connectivity index (χ2n) is 7.62. The highest BCUT2D eigenvalue weighted by Gasteiger charge is 2.55. The maximum Gasteiger partial charge on any atom is 0.476 e. The number of phenols is 1. The van der Waals surface area contributed by atoms with Gasteiger partial charge in [-0.1, -0.05) is 12.1 Å². The molecule has 0 radical (unpaired) electrons. The minimum Gasteiger partial charge on any atom is -0.507 e. The van der Waals surface area contributed by atoms with Gasteiger partial charge in [0.15, 0.2) is 0 Å². The highest BCUT2D eigenvalue weighted by molar-refractivity contribution is 6.44. The second kappa shape index (κ2) is 8.60. The number of nitrogens with zero attached hydrogens (tertiary/aromatic N) is 2. The van der Waals surface area contributed by atoms with Crippen LogP contribution in [0.25, 0.3) is 0 Å². The number of piperidine rings is 1. The molecule has 1 spiro atoms. The molecule has 0 aromatic heterocycles. The Labute approximate surface area is 173 Å². The Morgan fingerprint density at radius 2 is 1.93 bits per heavy atom. The number of carboxylic acids is 1. The molecule has 162 valence electrons. The number of amides is 3. The quantitative estimate of drug-likeness (QED) is 0.223. The van der Waals surface area contributed by atoms with E-state index in [-0.39, 0.29) is 17.5 Å². The van der Waals surface area contributed by atoms with Crippen molar-refractivity contribution < 1.29 is 34.6 Å². The van der Waals surface area contributed by atoms with E-state index in [9.17, 15) is 29.5 Å². The second-order valence-corrected chi connectivity index (χ2v) is 7.62. The van der Waals surface area contributed by atoms with Crippen molar-refractivity contribution in [3.63, 3.8) is 0 Å². The molecule has 3 amide bonds.